The van der Waals surface area contributed by atoms with Gasteiger partial charge < -0.3 is 5.32 Å². The molecule has 3 rings (SSSR count). The topological polar surface area (TPSA) is 56.0 Å². The molecule has 1 amide bonds. The molecule has 0 bridgehead atoms. The summed E-state index contributed by atoms with van der Waals surface area (Å²) in [5, 5.41) is 3.59. The van der Waals surface area contributed by atoms with Crippen molar-refractivity contribution in [1.29, 1.82) is 0 Å². The summed E-state index contributed by atoms with van der Waals surface area (Å²) in [7, 11) is 1.74. The van der Waals surface area contributed by atoms with Crippen molar-refractivity contribution in [2.75, 3.05) is 0 Å². The molecule has 0 saturated carbocycles. The highest BCUT2D eigenvalue weighted by Gasteiger charge is 2.13. The fourth-order valence-corrected chi connectivity index (χ4v) is 3.16. The zero-order valence-electron chi connectivity index (χ0n) is 14.2. The van der Waals surface area contributed by atoms with Crippen LogP contribution in [-0.2, 0) is 18.4 Å². The van der Waals surface area contributed by atoms with Crippen LogP contribution in [0, 0.1) is 0 Å². The Morgan fingerprint density at radius 3 is 2.60 bits per heavy atom. The van der Waals surface area contributed by atoms with Crippen LogP contribution in [0.4, 0.5) is 0 Å². The van der Waals surface area contributed by atoms with Gasteiger partial charge in [-0.2, -0.15) is 0 Å². The van der Waals surface area contributed by atoms with Gasteiger partial charge in [-0.15, -0.1) is 0 Å². The van der Waals surface area contributed by atoms with Gasteiger partial charge >= 0.3 is 5.69 Å². The van der Waals surface area contributed by atoms with E-state index in [0.29, 0.717) is 11.6 Å². The van der Waals surface area contributed by atoms with Crippen molar-refractivity contribution >= 4 is 28.5 Å². The van der Waals surface area contributed by atoms with E-state index in [9.17, 15) is 9.59 Å². The van der Waals surface area contributed by atoms with Crippen LogP contribution in [-0.4, -0.2) is 15.0 Å². The van der Waals surface area contributed by atoms with Crippen molar-refractivity contribution in [2.24, 2.45) is 7.05 Å². The first-order chi connectivity index (χ1) is 12.0. The Morgan fingerprint density at radius 1 is 1.16 bits per heavy atom. The highest BCUT2D eigenvalue weighted by atomic mass is 35.5. The summed E-state index contributed by atoms with van der Waals surface area (Å²) in [6, 6.07) is 14.8. The number of para-hydroxylation sites is 2. The monoisotopic (exact) mass is 357 g/mol. The highest BCUT2D eigenvalue weighted by Crippen LogP contribution is 2.17. The van der Waals surface area contributed by atoms with Gasteiger partial charge in [0.1, 0.15) is 0 Å². The maximum atomic E-state index is 12.4. The summed E-state index contributed by atoms with van der Waals surface area (Å²) >= 11 is 5.99. The number of aromatic nitrogens is 2. The zero-order chi connectivity index (χ0) is 18.0. The van der Waals surface area contributed by atoms with Crippen molar-refractivity contribution in [3.8, 4) is 0 Å². The van der Waals surface area contributed by atoms with Crippen LogP contribution in [0.5, 0.6) is 0 Å². The summed E-state index contributed by atoms with van der Waals surface area (Å²) in [5.74, 6) is -0.104. The standard InChI is InChI=1S/C19H20ClN3O2/c1-13(14-6-5-7-15(20)12-14)21-18(24)10-11-23-17-9-4-3-8-16(17)22(2)19(23)25/h3-9,12-13H,10-11H2,1-2H3,(H,21,24)/t13-/m1/s1. The SMILES string of the molecule is C[C@@H](NC(=O)CCn1c(=O)n(C)c2ccccc21)c1cccc(Cl)c1. The molecule has 1 heterocycles. The number of amides is 1. The molecule has 25 heavy (non-hydrogen) atoms. The maximum Gasteiger partial charge on any atom is 0.328 e. The Morgan fingerprint density at radius 2 is 1.88 bits per heavy atom. The van der Waals surface area contributed by atoms with Crippen molar-refractivity contribution in [1.82, 2.24) is 14.5 Å². The molecular weight excluding hydrogens is 338 g/mol. The molecule has 0 aliphatic heterocycles. The number of aryl methyl sites for hydroxylation is 2. The lowest BCUT2D eigenvalue weighted by molar-refractivity contribution is -0.121. The highest BCUT2D eigenvalue weighted by molar-refractivity contribution is 6.30. The number of carbonyl (C=O) groups excluding carboxylic acids is 1. The van der Waals surface area contributed by atoms with Crippen molar-refractivity contribution in [2.45, 2.75) is 25.9 Å². The molecule has 1 atom stereocenters. The molecule has 0 aliphatic rings. The average molecular weight is 358 g/mol. The molecule has 6 heteroatoms. The first kappa shape index (κ1) is 17.3. The quantitative estimate of drug-likeness (QED) is 0.762. The molecule has 1 N–H and O–H groups in total. The molecule has 0 fully saturated rings. The van der Waals surface area contributed by atoms with Gasteiger partial charge in [0.25, 0.3) is 0 Å². The Bertz CT molecular complexity index is 974. The molecule has 130 valence electrons. The Balaban J connectivity index is 1.69. The zero-order valence-corrected chi connectivity index (χ0v) is 15.0. The van der Waals surface area contributed by atoms with E-state index in [1.165, 1.54) is 0 Å². The second kappa shape index (κ2) is 7.15. The minimum atomic E-state index is -0.143. The fourth-order valence-electron chi connectivity index (χ4n) is 2.97. The number of benzene rings is 2. The molecule has 0 unspecified atom stereocenters. The number of fused-ring (bicyclic) bond motifs is 1. The van der Waals surface area contributed by atoms with Gasteiger partial charge in [0.05, 0.1) is 17.1 Å². The minimum Gasteiger partial charge on any atom is -0.350 e. The number of hydrogen-bond acceptors (Lipinski definition) is 2. The molecule has 0 radical (unpaired) electrons. The second-order valence-electron chi connectivity index (χ2n) is 6.08. The third-order valence-corrected chi connectivity index (χ3v) is 4.58. The van der Waals surface area contributed by atoms with Crippen LogP contribution in [0.2, 0.25) is 5.02 Å². The number of hydrogen-bond donors (Lipinski definition) is 1. The molecule has 2 aromatic carbocycles. The lowest BCUT2D eigenvalue weighted by Gasteiger charge is -2.14. The van der Waals surface area contributed by atoms with Gasteiger partial charge in [-0.25, -0.2) is 4.79 Å². The second-order valence-corrected chi connectivity index (χ2v) is 6.51. The molecular formula is C19H20ClN3O2. The summed E-state index contributed by atoms with van der Waals surface area (Å²) < 4.78 is 3.24. The van der Waals surface area contributed by atoms with E-state index in [1.54, 1.807) is 22.2 Å². The Hall–Kier alpha value is -2.53. The first-order valence-corrected chi connectivity index (χ1v) is 8.54. The predicted molar refractivity (Wildman–Crippen MR) is 99.8 cm³/mol. The van der Waals surface area contributed by atoms with Crippen LogP contribution in [0.1, 0.15) is 24.9 Å². The van der Waals surface area contributed by atoms with Crippen LogP contribution < -0.4 is 11.0 Å². The number of nitrogens with one attached hydrogen (secondary N) is 1. The summed E-state index contributed by atoms with van der Waals surface area (Å²) in [6.07, 6.45) is 0.235. The van der Waals surface area contributed by atoms with Crippen molar-refractivity contribution in [3.63, 3.8) is 0 Å². The van der Waals surface area contributed by atoms with Gasteiger partial charge in [-0.1, -0.05) is 35.9 Å². The molecule has 3 aromatic rings. The van der Waals surface area contributed by atoms with E-state index in [1.807, 2.05) is 49.4 Å². The van der Waals surface area contributed by atoms with Crippen LogP contribution >= 0.6 is 11.6 Å². The van der Waals surface area contributed by atoms with Gasteiger partial charge in [0.2, 0.25) is 5.91 Å². The molecule has 5 nitrogen and oxygen atoms in total. The lowest BCUT2D eigenvalue weighted by atomic mass is 10.1. The molecule has 0 aliphatic carbocycles. The predicted octanol–water partition coefficient (Wildman–Crippen LogP) is 3.26. The number of imidazole rings is 1. The van der Waals surface area contributed by atoms with Crippen molar-refractivity contribution < 1.29 is 4.79 Å². The van der Waals surface area contributed by atoms with E-state index in [0.717, 1.165) is 16.6 Å². The smallest absolute Gasteiger partial charge is 0.328 e. The van der Waals surface area contributed by atoms with E-state index in [4.69, 9.17) is 11.6 Å². The average Bonchev–Trinajstić information content (AvgIpc) is 2.84. The summed E-state index contributed by atoms with van der Waals surface area (Å²) in [5.41, 5.74) is 2.53. The van der Waals surface area contributed by atoms with Crippen LogP contribution in [0.15, 0.2) is 53.3 Å². The van der Waals surface area contributed by atoms with Gasteiger partial charge in [-0.05, 0) is 36.8 Å². The first-order valence-electron chi connectivity index (χ1n) is 8.16. The fraction of sp³-hybridized carbons (Fsp3) is 0.263. The third-order valence-electron chi connectivity index (χ3n) is 4.34. The molecule has 0 spiro atoms. The van der Waals surface area contributed by atoms with Gasteiger partial charge in [0, 0.05) is 25.0 Å². The number of rotatable bonds is 5. The number of nitrogens with zero attached hydrogens (tertiary/aromatic N) is 2. The normalized spacial score (nSPS) is 12.3. The molecule has 1 aromatic heterocycles. The Kier molecular flexibility index (Phi) is 4.95. The summed E-state index contributed by atoms with van der Waals surface area (Å²) in [4.78, 5) is 24.6. The van der Waals surface area contributed by atoms with Crippen LogP contribution in [0.3, 0.4) is 0 Å². The van der Waals surface area contributed by atoms with E-state index >= 15 is 0 Å². The minimum absolute atomic E-state index is 0.104. The van der Waals surface area contributed by atoms with Gasteiger partial charge in [-0.3, -0.25) is 13.9 Å². The van der Waals surface area contributed by atoms with Crippen LogP contribution in [0.25, 0.3) is 11.0 Å². The van der Waals surface area contributed by atoms with E-state index in [-0.39, 0.29) is 24.1 Å². The summed E-state index contributed by atoms with van der Waals surface area (Å²) in [6.45, 7) is 2.25. The van der Waals surface area contributed by atoms with E-state index in [2.05, 4.69) is 5.32 Å². The van der Waals surface area contributed by atoms with E-state index < -0.39 is 0 Å². The molecule has 0 saturated heterocycles. The number of carbonyl (C=O) groups is 1. The number of halogens is 1. The van der Waals surface area contributed by atoms with Gasteiger partial charge in [0.15, 0.2) is 0 Å². The third kappa shape index (κ3) is 3.61. The Labute approximate surface area is 150 Å². The largest absolute Gasteiger partial charge is 0.350 e. The lowest BCUT2D eigenvalue weighted by Crippen LogP contribution is -2.29. The van der Waals surface area contributed by atoms with Crippen molar-refractivity contribution in [3.05, 3.63) is 69.6 Å². The maximum absolute atomic E-state index is 12.4.